The van der Waals surface area contributed by atoms with Crippen molar-refractivity contribution in [1.29, 1.82) is 0 Å². The number of carboxylic acid groups (broad SMARTS) is 1. The average Bonchev–Trinajstić information content (AvgIpc) is 2.73. The number of hydrogen-bond acceptors (Lipinski definition) is 4. The zero-order valence-electron chi connectivity index (χ0n) is 9.81. The number of carbonyl (C=O) groups is 2. The largest absolute Gasteiger partial charge is 0.481 e. The van der Waals surface area contributed by atoms with Gasteiger partial charge in [0, 0.05) is 17.2 Å². The molecular formula is C11H14BrNO3S2. The van der Waals surface area contributed by atoms with Gasteiger partial charge in [-0.15, -0.1) is 23.1 Å². The highest BCUT2D eigenvalue weighted by Crippen LogP contribution is 2.28. The van der Waals surface area contributed by atoms with Crippen molar-refractivity contribution in [3.63, 3.8) is 0 Å². The van der Waals surface area contributed by atoms with E-state index in [4.69, 9.17) is 5.11 Å². The van der Waals surface area contributed by atoms with Crippen molar-refractivity contribution in [1.82, 2.24) is 5.32 Å². The van der Waals surface area contributed by atoms with Gasteiger partial charge in [0.25, 0.3) is 0 Å². The lowest BCUT2D eigenvalue weighted by atomic mass is 10.1. The van der Waals surface area contributed by atoms with Gasteiger partial charge in [0.2, 0.25) is 5.91 Å². The summed E-state index contributed by atoms with van der Waals surface area (Å²) in [4.78, 5) is 23.1. The number of halogens is 1. The van der Waals surface area contributed by atoms with Crippen LogP contribution in [0, 0.1) is 0 Å². The molecule has 1 amide bonds. The molecule has 1 atom stereocenters. The lowest BCUT2D eigenvalue weighted by Crippen LogP contribution is -2.29. The van der Waals surface area contributed by atoms with Crippen LogP contribution in [-0.4, -0.2) is 35.0 Å². The molecule has 0 saturated heterocycles. The van der Waals surface area contributed by atoms with Crippen LogP contribution in [0.5, 0.6) is 0 Å². The van der Waals surface area contributed by atoms with Gasteiger partial charge < -0.3 is 10.4 Å². The van der Waals surface area contributed by atoms with Crippen LogP contribution in [-0.2, 0) is 9.59 Å². The standard InChI is InChI=1S/C11H14BrNO3S2/c1-7(8-2-3-9(12)18-8)11(16)13-4-5-17-6-10(14)15/h2-3,7H,4-6H2,1H3,(H,13,16)(H,14,15). The van der Waals surface area contributed by atoms with Crippen molar-refractivity contribution in [3.05, 3.63) is 20.8 Å². The number of amides is 1. The zero-order valence-corrected chi connectivity index (χ0v) is 13.0. The van der Waals surface area contributed by atoms with Gasteiger partial charge in [-0.1, -0.05) is 0 Å². The summed E-state index contributed by atoms with van der Waals surface area (Å²) in [7, 11) is 0. The fourth-order valence-corrected chi connectivity index (χ4v) is 3.29. The summed E-state index contributed by atoms with van der Waals surface area (Å²) in [6.45, 7) is 2.35. The first kappa shape index (κ1) is 15.5. The third kappa shape index (κ3) is 5.41. The van der Waals surface area contributed by atoms with Gasteiger partial charge >= 0.3 is 5.97 Å². The van der Waals surface area contributed by atoms with Crippen molar-refractivity contribution in [2.45, 2.75) is 12.8 Å². The molecule has 100 valence electrons. The number of carboxylic acids is 1. The molecule has 0 aliphatic heterocycles. The maximum absolute atomic E-state index is 11.8. The van der Waals surface area contributed by atoms with E-state index in [0.717, 1.165) is 8.66 Å². The number of hydrogen-bond donors (Lipinski definition) is 2. The van der Waals surface area contributed by atoms with Gasteiger partial charge in [0.15, 0.2) is 0 Å². The van der Waals surface area contributed by atoms with Gasteiger partial charge in [-0.05, 0) is 35.0 Å². The molecule has 4 nitrogen and oxygen atoms in total. The molecule has 0 aromatic carbocycles. The van der Waals surface area contributed by atoms with Gasteiger partial charge in [0.05, 0.1) is 15.5 Å². The molecule has 1 aromatic rings. The molecular weight excluding hydrogens is 338 g/mol. The smallest absolute Gasteiger partial charge is 0.313 e. The minimum Gasteiger partial charge on any atom is -0.481 e. The van der Waals surface area contributed by atoms with Crippen LogP contribution in [0.3, 0.4) is 0 Å². The van der Waals surface area contributed by atoms with Crippen LogP contribution in [0.15, 0.2) is 15.9 Å². The highest BCUT2D eigenvalue weighted by Gasteiger charge is 2.16. The van der Waals surface area contributed by atoms with Crippen molar-refractivity contribution in [2.75, 3.05) is 18.1 Å². The first-order valence-electron chi connectivity index (χ1n) is 5.33. The summed E-state index contributed by atoms with van der Waals surface area (Å²) < 4.78 is 1.01. The Hall–Kier alpha value is -0.530. The normalized spacial score (nSPS) is 12.1. The Balaban J connectivity index is 2.26. The van der Waals surface area contributed by atoms with E-state index in [1.165, 1.54) is 11.8 Å². The molecule has 0 bridgehead atoms. The Labute approximate surface area is 122 Å². The lowest BCUT2D eigenvalue weighted by Gasteiger charge is -2.10. The molecule has 1 aromatic heterocycles. The number of thiophene rings is 1. The van der Waals surface area contributed by atoms with Crippen LogP contribution >= 0.6 is 39.0 Å². The first-order chi connectivity index (χ1) is 8.50. The molecule has 0 saturated carbocycles. The molecule has 2 N–H and O–H groups in total. The highest BCUT2D eigenvalue weighted by atomic mass is 79.9. The second kappa shape index (κ2) is 7.81. The Morgan fingerprint density at radius 3 is 2.83 bits per heavy atom. The topological polar surface area (TPSA) is 66.4 Å². The van der Waals surface area contributed by atoms with E-state index in [1.54, 1.807) is 11.3 Å². The molecule has 0 aliphatic carbocycles. The maximum Gasteiger partial charge on any atom is 0.313 e. The SMILES string of the molecule is CC(C(=O)NCCSCC(=O)O)c1ccc(Br)s1. The highest BCUT2D eigenvalue weighted by molar-refractivity contribution is 9.11. The van der Waals surface area contributed by atoms with Crippen molar-refractivity contribution in [2.24, 2.45) is 0 Å². The van der Waals surface area contributed by atoms with Gasteiger partial charge in [-0.3, -0.25) is 9.59 Å². The first-order valence-corrected chi connectivity index (χ1v) is 8.09. The molecule has 18 heavy (non-hydrogen) atoms. The lowest BCUT2D eigenvalue weighted by molar-refractivity contribution is -0.133. The molecule has 7 heteroatoms. The summed E-state index contributed by atoms with van der Waals surface area (Å²) in [6, 6.07) is 3.85. The van der Waals surface area contributed by atoms with Crippen LogP contribution in [0.1, 0.15) is 17.7 Å². The predicted molar refractivity (Wildman–Crippen MR) is 78.4 cm³/mol. The minimum absolute atomic E-state index is 0.0275. The fraction of sp³-hybridized carbons (Fsp3) is 0.455. The van der Waals surface area contributed by atoms with Crippen molar-refractivity contribution in [3.8, 4) is 0 Å². The second-order valence-electron chi connectivity index (χ2n) is 3.60. The van der Waals surface area contributed by atoms with E-state index in [-0.39, 0.29) is 17.6 Å². The van der Waals surface area contributed by atoms with Gasteiger partial charge in [0.1, 0.15) is 0 Å². The average molecular weight is 352 g/mol. The summed E-state index contributed by atoms with van der Waals surface area (Å²) in [6.07, 6.45) is 0. The molecule has 1 unspecified atom stereocenters. The van der Waals surface area contributed by atoms with Crippen LogP contribution < -0.4 is 5.32 Å². The van der Waals surface area contributed by atoms with E-state index < -0.39 is 5.97 Å². The Bertz CT molecular complexity index is 422. The molecule has 0 spiro atoms. The van der Waals surface area contributed by atoms with E-state index in [2.05, 4.69) is 21.2 Å². The van der Waals surface area contributed by atoms with Crippen LogP contribution in [0.4, 0.5) is 0 Å². The Morgan fingerprint density at radius 1 is 1.56 bits per heavy atom. The number of aliphatic carboxylic acids is 1. The van der Waals surface area contributed by atoms with E-state index in [1.807, 2.05) is 19.1 Å². The van der Waals surface area contributed by atoms with Crippen LogP contribution in [0.25, 0.3) is 0 Å². The second-order valence-corrected chi connectivity index (χ2v) is 7.20. The third-order valence-corrected chi connectivity index (χ3v) is 4.94. The third-order valence-electron chi connectivity index (χ3n) is 2.19. The quantitative estimate of drug-likeness (QED) is 0.740. The number of rotatable bonds is 7. The zero-order chi connectivity index (χ0) is 13.5. The predicted octanol–water partition coefficient (Wildman–Crippen LogP) is 2.55. The van der Waals surface area contributed by atoms with E-state index in [0.29, 0.717) is 12.3 Å². The molecule has 0 aliphatic rings. The number of thioether (sulfide) groups is 1. The van der Waals surface area contributed by atoms with Crippen molar-refractivity contribution >= 4 is 50.9 Å². The monoisotopic (exact) mass is 351 g/mol. The number of nitrogens with one attached hydrogen (secondary N) is 1. The number of carbonyl (C=O) groups excluding carboxylic acids is 1. The summed E-state index contributed by atoms with van der Waals surface area (Å²) in [5.41, 5.74) is 0. The Kier molecular flexibility index (Phi) is 6.73. The Morgan fingerprint density at radius 2 is 2.28 bits per heavy atom. The molecule has 1 heterocycles. The molecule has 1 rings (SSSR count). The van der Waals surface area contributed by atoms with Gasteiger partial charge in [-0.25, -0.2) is 0 Å². The summed E-state index contributed by atoms with van der Waals surface area (Å²) in [5.74, 6) is -0.350. The minimum atomic E-state index is -0.830. The fourth-order valence-electron chi connectivity index (χ4n) is 1.25. The molecule has 0 radical (unpaired) electrons. The van der Waals surface area contributed by atoms with Crippen LogP contribution in [0.2, 0.25) is 0 Å². The van der Waals surface area contributed by atoms with E-state index >= 15 is 0 Å². The maximum atomic E-state index is 11.8. The van der Waals surface area contributed by atoms with Crippen molar-refractivity contribution < 1.29 is 14.7 Å². The summed E-state index contributed by atoms with van der Waals surface area (Å²) in [5, 5.41) is 11.3. The molecule has 0 fully saturated rings. The summed E-state index contributed by atoms with van der Waals surface area (Å²) >= 11 is 6.20. The van der Waals surface area contributed by atoms with Gasteiger partial charge in [-0.2, -0.15) is 0 Å². The van der Waals surface area contributed by atoms with E-state index in [9.17, 15) is 9.59 Å².